The van der Waals surface area contributed by atoms with E-state index in [-0.39, 0.29) is 11.6 Å². The normalized spacial score (nSPS) is 14.6. The minimum Gasteiger partial charge on any atom is -0.338 e. The lowest BCUT2D eigenvalue weighted by molar-refractivity contribution is 0.385. The van der Waals surface area contributed by atoms with Crippen LogP contribution >= 0.6 is 23.1 Å². The highest BCUT2D eigenvalue weighted by Crippen LogP contribution is 2.35. The van der Waals surface area contributed by atoms with Gasteiger partial charge in [-0.2, -0.15) is 4.98 Å². The molecule has 0 N–H and O–H groups in total. The zero-order valence-electron chi connectivity index (χ0n) is 17.6. The first-order valence-corrected chi connectivity index (χ1v) is 12.4. The molecule has 8 heteroatoms. The predicted molar refractivity (Wildman–Crippen MR) is 124 cm³/mol. The summed E-state index contributed by atoms with van der Waals surface area (Å²) in [4.78, 5) is 24.9. The van der Waals surface area contributed by atoms with Crippen molar-refractivity contribution >= 4 is 33.3 Å². The molecule has 6 nitrogen and oxygen atoms in total. The van der Waals surface area contributed by atoms with Gasteiger partial charge in [-0.05, 0) is 37.8 Å². The van der Waals surface area contributed by atoms with Crippen LogP contribution in [-0.2, 0) is 12.2 Å². The third-order valence-electron chi connectivity index (χ3n) is 5.93. The lowest BCUT2D eigenvalue weighted by Crippen LogP contribution is -2.26. The third kappa shape index (κ3) is 4.06. The van der Waals surface area contributed by atoms with Crippen molar-refractivity contribution in [1.82, 2.24) is 19.7 Å². The number of aryl methyl sites for hydroxylation is 2. The fourth-order valence-corrected chi connectivity index (χ4v) is 6.17. The Morgan fingerprint density at radius 1 is 1.16 bits per heavy atom. The van der Waals surface area contributed by atoms with Gasteiger partial charge in [0.2, 0.25) is 5.89 Å². The summed E-state index contributed by atoms with van der Waals surface area (Å²) in [7, 11) is 0. The number of aromatic nitrogens is 4. The van der Waals surface area contributed by atoms with Crippen molar-refractivity contribution < 1.29 is 4.52 Å². The lowest BCUT2D eigenvalue weighted by atomic mass is 10.1. The molecule has 0 spiro atoms. The molecule has 1 fully saturated rings. The average Bonchev–Trinajstić information content (AvgIpc) is 3.50. The topological polar surface area (TPSA) is 73.8 Å². The SMILES string of the molecule is Cc1sc2nc(SCc3nc(Cc4ccccc4)no3)n(C3CCCC3)c(=O)c2c1C. The number of thioether (sulfide) groups is 1. The summed E-state index contributed by atoms with van der Waals surface area (Å²) in [5.41, 5.74) is 2.30. The molecule has 1 aromatic carbocycles. The molecule has 31 heavy (non-hydrogen) atoms. The molecule has 0 aliphatic heterocycles. The largest absolute Gasteiger partial charge is 0.338 e. The van der Waals surface area contributed by atoms with Crippen LogP contribution in [0.1, 0.15) is 59.4 Å². The quantitative estimate of drug-likeness (QED) is 0.286. The molecule has 160 valence electrons. The van der Waals surface area contributed by atoms with Gasteiger partial charge in [0.15, 0.2) is 11.0 Å². The maximum atomic E-state index is 13.5. The number of rotatable bonds is 6. The standard InChI is InChI=1S/C23H24N4O2S2/c1-14-15(2)31-21-20(14)22(28)27(17-10-6-7-11-17)23(25-21)30-13-19-24-18(26-29-19)12-16-8-4-3-5-9-16/h3-5,8-9,17H,6-7,10-13H2,1-2H3. The highest BCUT2D eigenvalue weighted by molar-refractivity contribution is 7.98. The Hall–Kier alpha value is -2.45. The summed E-state index contributed by atoms with van der Waals surface area (Å²) in [6.07, 6.45) is 5.02. The average molecular weight is 453 g/mol. The van der Waals surface area contributed by atoms with Gasteiger partial charge in [-0.1, -0.05) is 60.1 Å². The molecule has 0 atom stereocenters. The lowest BCUT2D eigenvalue weighted by Gasteiger charge is -2.17. The first-order chi connectivity index (χ1) is 15.1. The molecule has 0 amide bonds. The monoisotopic (exact) mass is 452 g/mol. The highest BCUT2D eigenvalue weighted by Gasteiger charge is 2.25. The van der Waals surface area contributed by atoms with E-state index in [1.807, 2.05) is 29.7 Å². The number of thiophene rings is 1. The van der Waals surface area contributed by atoms with Crippen LogP contribution in [0.3, 0.4) is 0 Å². The van der Waals surface area contributed by atoms with Crippen molar-refractivity contribution in [3.05, 3.63) is 68.4 Å². The second-order valence-electron chi connectivity index (χ2n) is 8.03. The molecule has 3 heterocycles. The number of fused-ring (bicyclic) bond motifs is 1. The van der Waals surface area contributed by atoms with Gasteiger partial charge < -0.3 is 4.52 Å². The van der Waals surface area contributed by atoms with Gasteiger partial charge in [0.1, 0.15) is 4.83 Å². The predicted octanol–water partition coefficient (Wildman–Crippen LogP) is 5.46. The fourth-order valence-electron chi connectivity index (χ4n) is 4.20. The Morgan fingerprint density at radius 3 is 2.71 bits per heavy atom. The van der Waals surface area contributed by atoms with Crippen LogP contribution in [0.5, 0.6) is 0 Å². The van der Waals surface area contributed by atoms with E-state index < -0.39 is 0 Å². The van der Waals surface area contributed by atoms with Crippen LogP contribution in [0.4, 0.5) is 0 Å². The summed E-state index contributed by atoms with van der Waals surface area (Å²) in [5, 5.41) is 5.66. The van der Waals surface area contributed by atoms with Crippen LogP contribution in [0.25, 0.3) is 10.2 Å². The number of nitrogens with zero attached hydrogens (tertiary/aromatic N) is 4. The van der Waals surface area contributed by atoms with Gasteiger partial charge in [0.05, 0.1) is 11.1 Å². The van der Waals surface area contributed by atoms with Crippen LogP contribution in [0.2, 0.25) is 0 Å². The highest BCUT2D eigenvalue weighted by atomic mass is 32.2. The Labute approximate surface area is 188 Å². The van der Waals surface area contributed by atoms with E-state index in [0.717, 1.165) is 57.1 Å². The van der Waals surface area contributed by atoms with Crippen LogP contribution < -0.4 is 5.56 Å². The minimum absolute atomic E-state index is 0.0940. The second kappa shape index (κ2) is 8.59. The van der Waals surface area contributed by atoms with Crippen molar-refractivity contribution in [2.75, 3.05) is 0 Å². The van der Waals surface area contributed by atoms with E-state index in [1.54, 1.807) is 11.3 Å². The van der Waals surface area contributed by atoms with Gasteiger partial charge >= 0.3 is 0 Å². The van der Waals surface area contributed by atoms with Crippen molar-refractivity contribution in [2.45, 2.75) is 62.9 Å². The molecular formula is C23H24N4O2S2. The van der Waals surface area contributed by atoms with E-state index in [1.165, 1.54) is 11.8 Å². The molecular weight excluding hydrogens is 428 g/mol. The van der Waals surface area contributed by atoms with E-state index in [4.69, 9.17) is 9.51 Å². The Morgan fingerprint density at radius 2 is 1.94 bits per heavy atom. The van der Waals surface area contributed by atoms with E-state index in [9.17, 15) is 4.79 Å². The summed E-state index contributed by atoms with van der Waals surface area (Å²) < 4.78 is 7.40. The molecule has 0 bridgehead atoms. The molecule has 0 unspecified atom stereocenters. The van der Waals surface area contributed by atoms with Crippen LogP contribution in [0.15, 0.2) is 44.8 Å². The summed E-state index contributed by atoms with van der Waals surface area (Å²) >= 11 is 3.11. The van der Waals surface area contributed by atoms with Crippen molar-refractivity contribution in [3.8, 4) is 0 Å². The maximum Gasteiger partial charge on any atom is 0.263 e. The Balaban J connectivity index is 1.42. The van der Waals surface area contributed by atoms with E-state index in [0.29, 0.717) is 23.9 Å². The maximum absolute atomic E-state index is 13.5. The summed E-state index contributed by atoms with van der Waals surface area (Å²) in [6.45, 7) is 4.08. The first kappa shape index (κ1) is 20.5. The molecule has 1 saturated carbocycles. The van der Waals surface area contributed by atoms with Crippen molar-refractivity contribution in [3.63, 3.8) is 0 Å². The molecule has 0 radical (unpaired) electrons. The van der Waals surface area contributed by atoms with Crippen LogP contribution in [0, 0.1) is 13.8 Å². The zero-order valence-corrected chi connectivity index (χ0v) is 19.3. The smallest absolute Gasteiger partial charge is 0.263 e. The Kier molecular flexibility index (Phi) is 5.67. The number of benzene rings is 1. The van der Waals surface area contributed by atoms with Crippen molar-refractivity contribution in [1.29, 1.82) is 0 Å². The number of hydrogen-bond acceptors (Lipinski definition) is 7. The second-order valence-corrected chi connectivity index (χ2v) is 10.2. The first-order valence-electron chi connectivity index (χ1n) is 10.6. The van der Waals surface area contributed by atoms with Gasteiger partial charge in [-0.15, -0.1) is 11.3 Å². The molecule has 0 saturated heterocycles. The zero-order chi connectivity index (χ0) is 21.4. The van der Waals surface area contributed by atoms with Gasteiger partial charge in [0, 0.05) is 17.3 Å². The molecule has 1 aliphatic rings. The molecule has 3 aromatic heterocycles. The van der Waals surface area contributed by atoms with E-state index >= 15 is 0 Å². The van der Waals surface area contributed by atoms with Crippen LogP contribution in [-0.4, -0.2) is 19.7 Å². The third-order valence-corrected chi connectivity index (χ3v) is 7.97. The van der Waals surface area contributed by atoms with E-state index in [2.05, 4.69) is 29.2 Å². The Bertz CT molecular complexity index is 1270. The fraction of sp³-hybridized carbons (Fsp3) is 0.391. The summed E-state index contributed by atoms with van der Waals surface area (Å²) in [5.74, 6) is 1.72. The number of hydrogen-bond donors (Lipinski definition) is 0. The molecule has 4 aromatic rings. The molecule has 5 rings (SSSR count). The molecule has 1 aliphatic carbocycles. The van der Waals surface area contributed by atoms with Crippen molar-refractivity contribution in [2.24, 2.45) is 0 Å². The minimum atomic E-state index is 0.0940. The summed E-state index contributed by atoms with van der Waals surface area (Å²) in [6, 6.07) is 10.3. The van der Waals surface area contributed by atoms with Gasteiger partial charge in [-0.25, -0.2) is 4.98 Å². The van der Waals surface area contributed by atoms with Gasteiger partial charge in [0.25, 0.3) is 5.56 Å². The van der Waals surface area contributed by atoms with Gasteiger partial charge in [-0.3, -0.25) is 9.36 Å².